The topological polar surface area (TPSA) is 90.5 Å². The number of Topliss-reactive ketones (excluding diaryl/α,β-unsaturated/α-hetero) is 1. The number of nitrogens with zero attached hydrogens (tertiary/aromatic N) is 2. The van der Waals surface area contributed by atoms with Crippen molar-refractivity contribution in [2.45, 2.75) is 12.8 Å². The van der Waals surface area contributed by atoms with Crippen molar-refractivity contribution in [3.05, 3.63) is 54.6 Å². The van der Waals surface area contributed by atoms with Crippen LogP contribution in [0.5, 0.6) is 11.6 Å². The first-order chi connectivity index (χ1) is 11.7. The van der Waals surface area contributed by atoms with Crippen LogP contribution in [-0.4, -0.2) is 26.6 Å². The van der Waals surface area contributed by atoms with Gasteiger partial charge < -0.3 is 9.84 Å². The van der Waals surface area contributed by atoms with E-state index < -0.39 is 28.5 Å². The molecule has 0 fully saturated rings. The Kier molecular flexibility index (Phi) is 5.92. The fraction of sp³-hybridized carbons (Fsp3) is 0.312. The van der Waals surface area contributed by atoms with Gasteiger partial charge in [0.05, 0.1) is 11.6 Å². The minimum atomic E-state index is -0.827. The van der Waals surface area contributed by atoms with E-state index >= 15 is 0 Å². The number of aromatic nitrogens is 2. The summed E-state index contributed by atoms with van der Waals surface area (Å²) in [4.78, 5) is 36.0. The van der Waals surface area contributed by atoms with Gasteiger partial charge in [-0.1, -0.05) is 23.2 Å². The Labute approximate surface area is 153 Å². The highest BCUT2D eigenvalue weighted by atomic mass is 35.5. The fourth-order valence-electron chi connectivity index (χ4n) is 2.21. The van der Waals surface area contributed by atoms with Crippen LogP contribution in [0.25, 0.3) is 0 Å². The van der Waals surface area contributed by atoms with E-state index in [9.17, 15) is 19.5 Å². The third-order valence-corrected chi connectivity index (χ3v) is 4.14. The molecule has 0 aliphatic carbocycles. The van der Waals surface area contributed by atoms with E-state index in [0.717, 1.165) is 9.13 Å². The normalized spacial score (nSPS) is 10.7. The highest BCUT2D eigenvalue weighted by molar-refractivity contribution is 6.35. The number of carbonyl (C=O) groups is 1. The van der Waals surface area contributed by atoms with Crippen molar-refractivity contribution in [3.63, 3.8) is 0 Å². The van der Waals surface area contributed by atoms with Gasteiger partial charge in [-0.2, -0.15) is 0 Å². The predicted octanol–water partition coefficient (Wildman–Crippen LogP) is 2.14. The minimum Gasteiger partial charge on any atom is -0.494 e. The third-order valence-electron chi connectivity index (χ3n) is 3.61. The van der Waals surface area contributed by atoms with E-state index in [2.05, 4.69) is 0 Å². The lowest BCUT2D eigenvalue weighted by molar-refractivity contribution is 0.0966. The molecule has 0 unspecified atom stereocenters. The number of hydrogen-bond acceptors (Lipinski definition) is 5. The molecule has 7 nitrogen and oxygen atoms in total. The van der Waals surface area contributed by atoms with E-state index in [1.807, 2.05) is 0 Å². The number of benzene rings is 1. The maximum atomic E-state index is 12.2. The molecule has 0 spiro atoms. The predicted molar refractivity (Wildman–Crippen MR) is 94.1 cm³/mol. The highest BCUT2D eigenvalue weighted by Crippen LogP contribution is 2.27. The quantitative estimate of drug-likeness (QED) is 0.606. The van der Waals surface area contributed by atoms with E-state index in [1.165, 1.54) is 20.2 Å². The Bertz CT molecular complexity index is 933. The number of hydrogen-bond donors (Lipinski definition) is 1. The van der Waals surface area contributed by atoms with Crippen molar-refractivity contribution < 1.29 is 14.6 Å². The molecule has 1 aromatic heterocycles. The summed E-state index contributed by atoms with van der Waals surface area (Å²) in [5.41, 5.74) is -1.94. The van der Waals surface area contributed by atoms with Crippen molar-refractivity contribution >= 4 is 29.0 Å². The second-order valence-electron chi connectivity index (χ2n) is 5.35. The first kappa shape index (κ1) is 19.1. The zero-order valence-electron chi connectivity index (χ0n) is 13.6. The molecule has 0 saturated carbocycles. The van der Waals surface area contributed by atoms with E-state index in [4.69, 9.17) is 27.9 Å². The molecule has 0 aliphatic heterocycles. The summed E-state index contributed by atoms with van der Waals surface area (Å²) in [7, 11) is 2.52. The Hall–Kier alpha value is -2.25. The molecular weight excluding hydrogens is 371 g/mol. The molecular formula is C16H16Cl2N2O5. The largest absolute Gasteiger partial charge is 0.494 e. The molecule has 1 N–H and O–H groups in total. The van der Waals surface area contributed by atoms with Gasteiger partial charge in [-0.15, -0.1) is 0 Å². The van der Waals surface area contributed by atoms with Gasteiger partial charge in [-0.05, 0) is 24.6 Å². The SMILES string of the molecule is Cn1c(O)c(C(=O)CCCOc2ccc(Cl)cc2Cl)c(=O)n(C)c1=O. The summed E-state index contributed by atoms with van der Waals surface area (Å²) < 4.78 is 7.08. The zero-order valence-corrected chi connectivity index (χ0v) is 15.1. The van der Waals surface area contributed by atoms with Crippen molar-refractivity contribution in [2.75, 3.05) is 6.61 Å². The van der Waals surface area contributed by atoms with E-state index in [-0.39, 0.29) is 13.0 Å². The van der Waals surface area contributed by atoms with Crippen molar-refractivity contribution in [2.24, 2.45) is 14.1 Å². The fourth-order valence-corrected chi connectivity index (χ4v) is 2.67. The summed E-state index contributed by atoms with van der Waals surface area (Å²) in [5, 5.41) is 10.7. The third kappa shape index (κ3) is 4.05. The number of ketones is 1. The van der Waals surface area contributed by atoms with Crippen LogP contribution in [-0.2, 0) is 14.1 Å². The second kappa shape index (κ2) is 7.76. The monoisotopic (exact) mass is 386 g/mol. The summed E-state index contributed by atoms with van der Waals surface area (Å²) in [6, 6.07) is 4.77. The molecule has 0 saturated heterocycles. The van der Waals surface area contributed by atoms with Crippen LogP contribution >= 0.6 is 23.2 Å². The molecule has 9 heteroatoms. The van der Waals surface area contributed by atoms with Gasteiger partial charge in [-0.3, -0.25) is 18.7 Å². The van der Waals surface area contributed by atoms with Crippen LogP contribution in [0.4, 0.5) is 0 Å². The standard InChI is InChI=1S/C16H16Cl2N2O5/c1-19-14(22)13(15(23)20(2)16(19)24)11(21)4-3-7-25-12-6-5-9(17)8-10(12)18/h5-6,8,22H,3-4,7H2,1-2H3. The molecule has 0 radical (unpaired) electrons. The molecule has 1 aromatic carbocycles. The summed E-state index contributed by atoms with van der Waals surface area (Å²) >= 11 is 11.8. The van der Waals surface area contributed by atoms with Crippen LogP contribution < -0.4 is 16.0 Å². The van der Waals surface area contributed by atoms with Crippen molar-refractivity contribution in [3.8, 4) is 11.6 Å². The average molecular weight is 387 g/mol. The van der Waals surface area contributed by atoms with Gasteiger partial charge in [0, 0.05) is 25.5 Å². The Morgan fingerprint density at radius 1 is 1.20 bits per heavy atom. The van der Waals surface area contributed by atoms with Crippen LogP contribution in [0.3, 0.4) is 0 Å². The number of aromatic hydroxyl groups is 1. The molecule has 134 valence electrons. The van der Waals surface area contributed by atoms with Crippen LogP contribution in [0.15, 0.2) is 27.8 Å². The van der Waals surface area contributed by atoms with E-state index in [1.54, 1.807) is 12.1 Å². The highest BCUT2D eigenvalue weighted by Gasteiger charge is 2.21. The maximum Gasteiger partial charge on any atom is 0.333 e. The Balaban J connectivity index is 2.04. The minimum absolute atomic E-state index is 0.0355. The average Bonchev–Trinajstić information content (AvgIpc) is 2.57. The second-order valence-corrected chi connectivity index (χ2v) is 6.20. The molecule has 2 aromatic rings. The molecule has 0 atom stereocenters. The smallest absolute Gasteiger partial charge is 0.333 e. The number of halogens is 2. The van der Waals surface area contributed by atoms with Crippen LogP contribution in [0.1, 0.15) is 23.2 Å². The van der Waals surface area contributed by atoms with Crippen molar-refractivity contribution in [1.29, 1.82) is 0 Å². The Morgan fingerprint density at radius 3 is 2.52 bits per heavy atom. The van der Waals surface area contributed by atoms with Crippen molar-refractivity contribution in [1.82, 2.24) is 9.13 Å². The molecule has 2 rings (SSSR count). The molecule has 1 heterocycles. The number of carbonyl (C=O) groups excluding carboxylic acids is 1. The van der Waals surface area contributed by atoms with Gasteiger partial charge in [0.2, 0.25) is 5.88 Å². The molecule has 0 amide bonds. The summed E-state index contributed by atoms with van der Waals surface area (Å²) in [5.74, 6) is -0.779. The van der Waals surface area contributed by atoms with Gasteiger partial charge in [0.15, 0.2) is 5.78 Å². The van der Waals surface area contributed by atoms with Gasteiger partial charge in [0.1, 0.15) is 11.3 Å². The van der Waals surface area contributed by atoms with Gasteiger partial charge in [0.25, 0.3) is 5.56 Å². The lowest BCUT2D eigenvalue weighted by Gasteiger charge is -2.10. The lowest BCUT2D eigenvalue weighted by atomic mass is 10.1. The number of ether oxygens (including phenoxy) is 1. The first-order valence-corrected chi connectivity index (χ1v) is 8.09. The van der Waals surface area contributed by atoms with Gasteiger partial charge >= 0.3 is 5.69 Å². The Morgan fingerprint density at radius 2 is 1.88 bits per heavy atom. The number of rotatable bonds is 6. The van der Waals surface area contributed by atoms with Crippen LogP contribution in [0.2, 0.25) is 10.0 Å². The maximum absolute atomic E-state index is 12.2. The lowest BCUT2D eigenvalue weighted by Crippen LogP contribution is -2.40. The van der Waals surface area contributed by atoms with Gasteiger partial charge in [-0.25, -0.2) is 4.79 Å². The summed E-state index contributed by atoms with van der Waals surface area (Å²) in [6.45, 7) is 0.180. The first-order valence-electron chi connectivity index (χ1n) is 7.34. The zero-order chi connectivity index (χ0) is 18.7. The van der Waals surface area contributed by atoms with E-state index in [0.29, 0.717) is 22.2 Å². The molecule has 0 aliphatic rings. The summed E-state index contributed by atoms with van der Waals surface area (Å²) in [6.07, 6.45) is 0.259. The molecule has 25 heavy (non-hydrogen) atoms. The molecule has 0 bridgehead atoms. The van der Waals surface area contributed by atoms with Crippen LogP contribution in [0, 0.1) is 0 Å².